The molecule has 4 heterocycles. The lowest BCUT2D eigenvalue weighted by Gasteiger charge is -2.27. The summed E-state index contributed by atoms with van der Waals surface area (Å²) >= 11 is 2.94. The van der Waals surface area contributed by atoms with Gasteiger partial charge in [0.1, 0.15) is 6.04 Å². The average molecular weight is 565 g/mol. The monoisotopic (exact) mass is 564 g/mol. The first-order valence-electron chi connectivity index (χ1n) is 12.2. The summed E-state index contributed by atoms with van der Waals surface area (Å²) in [6.07, 6.45) is 0.189. The van der Waals surface area contributed by atoms with Crippen LogP contribution in [0.4, 0.5) is 0 Å². The number of hydrogen-bond donors (Lipinski definition) is 3. The third-order valence-electron chi connectivity index (χ3n) is 6.26. The van der Waals surface area contributed by atoms with Crippen molar-refractivity contribution in [1.82, 2.24) is 19.9 Å². The van der Waals surface area contributed by atoms with Gasteiger partial charge >= 0.3 is 0 Å². The topological polar surface area (TPSA) is 129 Å². The molecule has 0 aliphatic carbocycles. The molecule has 0 bridgehead atoms. The molecule has 3 aromatic heterocycles. The Kier molecular flexibility index (Phi) is 8.64. The molecule has 1 fully saturated rings. The molecule has 12 heteroatoms. The van der Waals surface area contributed by atoms with E-state index in [1.54, 1.807) is 30.4 Å². The average Bonchev–Trinajstić information content (AvgIpc) is 3.39. The van der Waals surface area contributed by atoms with Crippen LogP contribution in [0.3, 0.4) is 0 Å². The predicted molar refractivity (Wildman–Crippen MR) is 145 cm³/mol. The second-order valence-corrected chi connectivity index (χ2v) is 13.6. The number of aliphatic hydroxyl groups is 1. The van der Waals surface area contributed by atoms with Gasteiger partial charge in [0.15, 0.2) is 5.03 Å². The van der Waals surface area contributed by atoms with E-state index in [1.165, 1.54) is 21.7 Å². The molecule has 3 N–H and O–H groups in total. The zero-order valence-corrected chi connectivity index (χ0v) is 23.5. The summed E-state index contributed by atoms with van der Waals surface area (Å²) < 4.78 is 29.5. The van der Waals surface area contributed by atoms with Crippen LogP contribution in [0.2, 0.25) is 0 Å². The lowest BCUT2D eigenvalue weighted by molar-refractivity contribution is -0.125. The third kappa shape index (κ3) is 6.55. The molecule has 0 spiro atoms. The van der Waals surface area contributed by atoms with Crippen LogP contribution in [0.1, 0.15) is 48.5 Å². The van der Waals surface area contributed by atoms with E-state index in [2.05, 4.69) is 15.6 Å². The Morgan fingerprint density at radius 3 is 2.73 bits per heavy atom. The van der Waals surface area contributed by atoms with Crippen molar-refractivity contribution in [3.05, 3.63) is 46.3 Å². The van der Waals surface area contributed by atoms with E-state index in [0.717, 1.165) is 9.40 Å². The van der Waals surface area contributed by atoms with Gasteiger partial charge in [-0.1, -0.05) is 19.9 Å². The van der Waals surface area contributed by atoms with E-state index in [4.69, 9.17) is 0 Å². The number of carbonyl (C=O) groups is 2. The minimum atomic E-state index is -3.88. The van der Waals surface area contributed by atoms with Crippen molar-refractivity contribution in [3.8, 4) is 0 Å². The van der Waals surface area contributed by atoms with Crippen molar-refractivity contribution in [2.24, 2.45) is 5.92 Å². The molecule has 4 rings (SSSR count). The zero-order valence-electron chi connectivity index (χ0n) is 21.0. The van der Waals surface area contributed by atoms with Gasteiger partial charge in [0.05, 0.1) is 17.0 Å². The normalized spacial score (nSPS) is 20.0. The summed E-state index contributed by atoms with van der Waals surface area (Å²) in [7, 11) is -3.88. The lowest BCUT2D eigenvalue weighted by Crippen LogP contribution is -2.54. The van der Waals surface area contributed by atoms with Crippen molar-refractivity contribution in [2.75, 3.05) is 13.1 Å². The summed E-state index contributed by atoms with van der Waals surface area (Å²) in [6.45, 7) is 5.71. The van der Waals surface area contributed by atoms with Crippen LogP contribution in [0, 0.1) is 12.8 Å². The molecule has 1 saturated heterocycles. The smallest absolute Gasteiger partial charge is 0.262 e. The van der Waals surface area contributed by atoms with Gasteiger partial charge in [0.25, 0.3) is 15.9 Å². The number of sulfonamides is 1. The Bertz CT molecular complexity index is 1340. The molecule has 2 amide bonds. The number of amides is 2. The number of β-amino-alcohol motifs (C(OH)–C–C–N with tert-alkyl or cyclic N) is 1. The van der Waals surface area contributed by atoms with Gasteiger partial charge in [-0.25, -0.2) is 13.4 Å². The van der Waals surface area contributed by atoms with Gasteiger partial charge in [-0.05, 0) is 61.7 Å². The van der Waals surface area contributed by atoms with Crippen LogP contribution >= 0.6 is 22.7 Å². The highest BCUT2D eigenvalue weighted by molar-refractivity contribution is 7.89. The minimum Gasteiger partial charge on any atom is -0.390 e. The van der Waals surface area contributed by atoms with Gasteiger partial charge in [-0.15, -0.1) is 22.7 Å². The Morgan fingerprint density at radius 1 is 1.24 bits per heavy atom. The molecule has 0 aromatic carbocycles. The molecule has 1 aliphatic rings. The number of thiophene rings is 2. The number of carbonyl (C=O) groups excluding carboxylic acids is 2. The molecule has 200 valence electrons. The SMILES string of the molecule is Cc1cccc(S(=O)(=O)N2CCCC(NC(=O)[C@H](CC(C)C)NC(=O)c3cc4sccc4s3)C(O)C2)n1. The van der Waals surface area contributed by atoms with E-state index < -0.39 is 28.2 Å². The minimum absolute atomic E-state index is 0.0599. The van der Waals surface area contributed by atoms with Crippen LogP contribution in [0.5, 0.6) is 0 Å². The quantitative estimate of drug-likeness (QED) is 0.386. The first kappa shape index (κ1) is 27.6. The fraction of sp³-hybridized carbons (Fsp3) is 0.480. The molecule has 2 unspecified atom stereocenters. The van der Waals surface area contributed by atoms with Gasteiger partial charge in [0.2, 0.25) is 5.91 Å². The lowest BCUT2D eigenvalue weighted by atomic mass is 10.0. The Hall–Kier alpha value is -2.38. The van der Waals surface area contributed by atoms with Crippen LogP contribution in [0.15, 0.2) is 40.7 Å². The highest BCUT2D eigenvalue weighted by Gasteiger charge is 2.35. The van der Waals surface area contributed by atoms with Crippen molar-refractivity contribution in [1.29, 1.82) is 0 Å². The number of aromatic nitrogens is 1. The van der Waals surface area contributed by atoms with Crippen LogP contribution < -0.4 is 10.6 Å². The van der Waals surface area contributed by atoms with Crippen LogP contribution in [-0.4, -0.2) is 65.9 Å². The number of pyridine rings is 1. The second-order valence-electron chi connectivity index (χ2n) is 9.72. The fourth-order valence-corrected chi connectivity index (χ4v) is 7.89. The van der Waals surface area contributed by atoms with Gasteiger partial charge in [-0.2, -0.15) is 4.31 Å². The molecule has 37 heavy (non-hydrogen) atoms. The molecule has 3 aromatic rings. The standard InChI is InChI=1S/C25H32N4O5S3/c1-15(2)12-18(28-25(32)22-13-21-20(36-22)9-11-35-21)24(31)27-17-7-5-10-29(14-19(17)30)37(33,34)23-8-4-6-16(3)26-23/h4,6,8-9,11,13,15,17-19,30H,5,7,10,12,14H2,1-3H3,(H,27,31)(H,28,32)/t17?,18-,19?/m0/s1. The number of aryl methyl sites for hydroxylation is 1. The second kappa shape index (κ2) is 11.6. The van der Waals surface area contributed by atoms with Crippen LogP contribution in [-0.2, 0) is 14.8 Å². The zero-order chi connectivity index (χ0) is 26.7. The maximum Gasteiger partial charge on any atom is 0.262 e. The Morgan fingerprint density at radius 2 is 2.03 bits per heavy atom. The van der Waals surface area contributed by atoms with E-state index in [1.807, 2.05) is 31.4 Å². The maximum atomic E-state index is 13.3. The largest absolute Gasteiger partial charge is 0.390 e. The number of rotatable bonds is 8. The molecule has 9 nitrogen and oxygen atoms in total. The van der Waals surface area contributed by atoms with Crippen molar-refractivity contribution < 1.29 is 23.1 Å². The Balaban J connectivity index is 1.43. The Labute approximate surface area is 225 Å². The molecule has 1 aliphatic heterocycles. The van der Waals surface area contributed by atoms with Gasteiger partial charge < -0.3 is 15.7 Å². The number of hydrogen-bond acceptors (Lipinski definition) is 8. The molecular formula is C25H32N4O5S3. The summed E-state index contributed by atoms with van der Waals surface area (Å²) in [5, 5.41) is 18.5. The highest BCUT2D eigenvalue weighted by Crippen LogP contribution is 2.30. The first-order valence-corrected chi connectivity index (χ1v) is 15.4. The van der Waals surface area contributed by atoms with E-state index in [9.17, 15) is 23.1 Å². The van der Waals surface area contributed by atoms with Crippen molar-refractivity contribution >= 4 is 53.9 Å². The summed E-state index contributed by atoms with van der Waals surface area (Å²) in [4.78, 5) is 30.9. The molecular weight excluding hydrogens is 532 g/mol. The van der Waals surface area contributed by atoms with Crippen molar-refractivity contribution in [2.45, 2.75) is 63.2 Å². The van der Waals surface area contributed by atoms with Crippen molar-refractivity contribution in [3.63, 3.8) is 0 Å². The highest BCUT2D eigenvalue weighted by atomic mass is 32.2. The fourth-order valence-electron chi connectivity index (χ4n) is 4.38. The van der Waals surface area contributed by atoms with Gasteiger partial charge in [0, 0.05) is 28.2 Å². The van der Waals surface area contributed by atoms with E-state index in [-0.39, 0.29) is 35.8 Å². The molecule has 0 radical (unpaired) electrons. The number of nitrogens with zero attached hydrogens (tertiary/aromatic N) is 2. The van der Waals surface area contributed by atoms with E-state index >= 15 is 0 Å². The number of nitrogens with one attached hydrogen (secondary N) is 2. The maximum absolute atomic E-state index is 13.3. The molecule has 0 saturated carbocycles. The third-order valence-corrected chi connectivity index (χ3v) is 10.1. The number of aliphatic hydroxyl groups excluding tert-OH is 1. The summed E-state index contributed by atoms with van der Waals surface area (Å²) in [5.41, 5.74) is 0.585. The number of fused-ring (bicyclic) bond motifs is 1. The summed E-state index contributed by atoms with van der Waals surface area (Å²) in [5.74, 6) is -0.552. The summed E-state index contributed by atoms with van der Waals surface area (Å²) in [6, 6.07) is 7.17. The molecule has 3 atom stereocenters. The van der Waals surface area contributed by atoms with E-state index in [0.29, 0.717) is 29.8 Å². The predicted octanol–water partition coefficient (Wildman–Crippen LogP) is 3.14. The first-order chi connectivity index (χ1) is 17.5. The van der Waals surface area contributed by atoms with Crippen LogP contribution in [0.25, 0.3) is 9.40 Å². The van der Waals surface area contributed by atoms with Gasteiger partial charge in [-0.3, -0.25) is 9.59 Å².